The molecular weight excluding hydrogens is 208 g/mol. The van der Waals surface area contributed by atoms with E-state index < -0.39 is 0 Å². The molecule has 0 amide bonds. The summed E-state index contributed by atoms with van der Waals surface area (Å²) in [5.74, 6) is 1.03. The molecule has 2 aromatic rings. The lowest BCUT2D eigenvalue weighted by molar-refractivity contribution is -0.0272. The van der Waals surface area contributed by atoms with Gasteiger partial charge in [-0.15, -0.1) is 0 Å². The van der Waals surface area contributed by atoms with E-state index in [1.807, 2.05) is 19.3 Å². The summed E-state index contributed by atoms with van der Waals surface area (Å²) in [5, 5.41) is 4.52. The van der Waals surface area contributed by atoms with Crippen LogP contribution in [-0.4, -0.2) is 12.0 Å². The topological polar surface area (TPSA) is 24.9 Å². The van der Waals surface area contributed by atoms with Gasteiger partial charge in [0.2, 0.25) is 0 Å². The Morgan fingerprint density at radius 2 is 2.06 bits per heavy atom. The second-order valence-electron chi connectivity index (χ2n) is 5.60. The van der Waals surface area contributed by atoms with Crippen LogP contribution >= 0.6 is 0 Å². The van der Waals surface area contributed by atoms with Gasteiger partial charge in [0, 0.05) is 24.3 Å². The Kier molecular flexibility index (Phi) is 1.67. The number of hydrogen-bond donors (Lipinski definition) is 1. The molecule has 0 aliphatic heterocycles. The van der Waals surface area contributed by atoms with Gasteiger partial charge in [0.1, 0.15) is 0 Å². The number of pyridine rings is 1. The second kappa shape index (κ2) is 3.00. The molecule has 86 valence electrons. The molecule has 0 unspecified atom stereocenters. The van der Waals surface area contributed by atoms with Crippen molar-refractivity contribution in [2.24, 2.45) is 5.92 Å². The SMILES string of the molecule is CNc1ccnc2ccc(C34CC(C3)C4)cc12. The van der Waals surface area contributed by atoms with Gasteiger partial charge in [0.05, 0.1) is 5.52 Å². The largest absolute Gasteiger partial charge is 0.388 e. The fourth-order valence-electron chi connectivity index (χ4n) is 3.53. The number of nitrogens with zero attached hydrogens (tertiary/aromatic N) is 1. The van der Waals surface area contributed by atoms with Gasteiger partial charge >= 0.3 is 0 Å². The van der Waals surface area contributed by atoms with E-state index in [1.54, 1.807) is 0 Å². The van der Waals surface area contributed by atoms with Crippen molar-refractivity contribution in [1.29, 1.82) is 0 Å². The number of nitrogens with one attached hydrogen (secondary N) is 1. The third kappa shape index (κ3) is 1.13. The Bertz CT molecular complexity index is 586. The first kappa shape index (κ1) is 9.46. The second-order valence-corrected chi connectivity index (χ2v) is 5.60. The molecule has 5 rings (SSSR count). The smallest absolute Gasteiger partial charge is 0.0722 e. The highest BCUT2D eigenvalue weighted by molar-refractivity contribution is 5.91. The maximum atomic E-state index is 4.43. The highest BCUT2D eigenvalue weighted by atomic mass is 14.8. The van der Waals surface area contributed by atoms with Crippen molar-refractivity contribution in [3.63, 3.8) is 0 Å². The summed E-state index contributed by atoms with van der Waals surface area (Å²) in [6.45, 7) is 0. The average Bonchev–Trinajstić information content (AvgIpc) is 2.24. The fraction of sp³-hybridized carbons (Fsp3) is 0.400. The third-order valence-electron chi connectivity index (χ3n) is 4.66. The van der Waals surface area contributed by atoms with E-state index in [0.29, 0.717) is 5.41 Å². The Balaban J connectivity index is 1.90. The van der Waals surface area contributed by atoms with Crippen LogP contribution in [0.2, 0.25) is 0 Å². The van der Waals surface area contributed by atoms with Crippen LogP contribution in [-0.2, 0) is 5.41 Å². The number of fused-ring (bicyclic) bond motifs is 1. The van der Waals surface area contributed by atoms with Gasteiger partial charge < -0.3 is 5.32 Å². The molecule has 0 saturated heterocycles. The van der Waals surface area contributed by atoms with E-state index in [9.17, 15) is 0 Å². The standard InChI is InChI=1S/C15H16N2/c1-16-13-4-5-17-14-3-2-11(6-12(13)14)15-7-10(8-15)9-15/h2-6,10H,7-9H2,1H3,(H,16,17). The first-order valence-electron chi connectivity index (χ1n) is 6.38. The van der Waals surface area contributed by atoms with Crippen molar-refractivity contribution in [3.05, 3.63) is 36.0 Å². The lowest BCUT2D eigenvalue weighted by atomic mass is 9.42. The Hall–Kier alpha value is -1.57. The minimum atomic E-state index is 0.541. The Morgan fingerprint density at radius 3 is 2.71 bits per heavy atom. The number of anilines is 1. The van der Waals surface area contributed by atoms with Gasteiger partial charge in [-0.25, -0.2) is 0 Å². The number of hydrogen-bond acceptors (Lipinski definition) is 2. The van der Waals surface area contributed by atoms with Gasteiger partial charge in [-0.2, -0.15) is 0 Å². The average molecular weight is 224 g/mol. The van der Waals surface area contributed by atoms with Crippen LogP contribution < -0.4 is 5.32 Å². The van der Waals surface area contributed by atoms with Gasteiger partial charge in [-0.05, 0) is 54.4 Å². The molecule has 2 nitrogen and oxygen atoms in total. The summed E-state index contributed by atoms with van der Waals surface area (Å²) in [7, 11) is 1.97. The van der Waals surface area contributed by atoms with Crippen LogP contribution in [0.3, 0.4) is 0 Å². The molecule has 0 radical (unpaired) electrons. The third-order valence-corrected chi connectivity index (χ3v) is 4.66. The molecule has 1 aromatic carbocycles. The minimum Gasteiger partial charge on any atom is -0.388 e. The molecule has 0 atom stereocenters. The molecule has 3 fully saturated rings. The Morgan fingerprint density at radius 1 is 1.24 bits per heavy atom. The lowest BCUT2D eigenvalue weighted by Crippen LogP contribution is -2.55. The predicted octanol–water partition coefficient (Wildman–Crippen LogP) is 3.33. The lowest BCUT2D eigenvalue weighted by Gasteiger charge is -2.62. The number of benzene rings is 1. The highest BCUT2D eigenvalue weighted by Crippen LogP contribution is 2.65. The zero-order valence-electron chi connectivity index (χ0n) is 10.0. The van der Waals surface area contributed by atoms with Crippen LogP contribution in [0.4, 0.5) is 5.69 Å². The zero-order valence-corrected chi connectivity index (χ0v) is 10.0. The van der Waals surface area contributed by atoms with E-state index in [4.69, 9.17) is 0 Å². The number of rotatable bonds is 2. The van der Waals surface area contributed by atoms with E-state index in [-0.39, 0.29) is 0 Å². The van der Waals surface area contributed by atoms with Gasteiger partial charge in [-0.1, -0.05) is 6.07 Å². The predicted molar refractivity (Wildman–Crippen MR) is 70.3 cm³/mol. The van der Waals surface area contributed by atoms with Crippen molar-refractivity contribution in [2.75, 3.05) is 12.4 Å². The van der Waals surface area contributed by atoms with Crippen LogP contribution in [0.5, 0.6) is 0 Å². The van der Waals surface area contributed by atoms with Crippen molar-refractivity contribution >= 4 is 16.6 Å². The van der Waals surface area contributed by atoms with Crippen molar-refractivity contribution in [3.8, 4) is 0 Å². The van der Waals surface area contributed by atoms with E-state index in [1.165, 1.54) is 35.9 Å². The first-order chi connectivity index (χ1) is 8.31. The fourth-order valence-corrected chi connectivity index (χ4v) is 3.53. The maximum Gasteiger partial charge on any atom is 0.0722 e. The molecule has 1 aromatic heterocycles. The highest BCUT2D eigenvalue weighted by Gasteiger charge is 2.57. The summed E-state index contributed by atoms with van der Waals surface area (Å²) in [5.41, 5.74) is 4.34. The zero-order chi connectivity index (χ0) is 11.5. The van der Waals surface area contributed by atoms with Gasteiger partial charge in [0.15, 0.2) is 0 Å². The van der Waals surface area contributed by atoms with E-state index >= 15 is 0 Å². The maximum absolute atomic E-state index is 4.43. The molecule has 3 saturated carbocycles. The first-order valence-corrected chi connectivity index (χ1v) is 6.38. The molecule has 3 aliphatic rings. The molecule has 2 heteroatoms. The van der Waals surface area contributed by atoms with Crippen molar-refractivity contribution in [2.45, 2.75) is 24.7 Å². The van der Waals surface area contributed by atoms with Crippen LogP contribution in [0.15, 0.2) is 30.5 Å². The summed E-state index contributed by atoms with van der Waals surface area (Å²) in [4.78, 5) is 4.43. The molecular formula is C15H16N2. The minimum absolute atomic E-state index is 0.541. The monoisotopic (exact) mass is 224 g/mol. The molecule has 17 heavy (non-hydrogen) atoms. The van der Waals surface area contributed by atoms with Gasteiger partial charge in [-0.3, -0.25) is 4.98 Å². The quantitative estimate of drug-likeness (QED) is 0.846. The number of aromatic nitrogens is 1. The van der Waals surface area contributed by atoms with Crippen molar-refractivity contribution < 1.29 is 0 Å². The summed E-state index contributed by atoms with van der Waals surface area (Å²) < 4.78 is 0. The van der Waals surface area contributed by atoms with Crippen LogP contribution in [0.25, 0.3) is 10.9 Å². The summed E-state index contributed by atoms with van der Waals surface area (Å²) in [6.07, 6.45) is 6.10. The molecule has 3 aliphatic carbocycles. The summed E-state index contributed by atoms with van der Waals surface area (Å²) >= 11 is 0. The molecule has 0 spiro atoms. The summed E-state index contributed by atoms with van der Waals surface area (Å²) in [6, 6.07) is 8.85. The van der Waals surface area contributed by atoms with Crippen molar-refractivity contribution in [1.82, 2.24) is 4.98 Å². The Labute approximate surface area is 101 Å². The van der Waals surface area contributed by atoms with Gasteiger partial charge in [0.25, 0.3) is 0 Å². The van der Waals surface area contributed by atoms with Crippen LogP contribution in [0, 0.1) is 5.92 Å². The molecule has 2 bridgehead atoms. The van der Waals surface area contributed by atoms with E-state index in [2.05, 4.69) is 28.5 Å². The van der Waals surface area contributed by atoms with E-state index in [0.717, 1.165) is 11.4 Å². The normalized spacial score (nSPS) is 29.6. The molecule has 1 N–H and O–H groups in total. The molecule has 1 heterocycles. The van der Waals surface area contributed by atoms with Crippen LogP contribution in [0.1, 0.15) is 24.8 Å².